The van der Waals surface area contributed by atoms with Crippen LogP contribution in [0.15, 0.2) is 41.8 Å². The number of fused-ring (bicyclic) bond motifs is 1. The maximum atomic E-state index is 13.3. The Hall–Kier alpha value is -1.61. The third-order valence-electron chi connectivity index (χ3n) is 5.23. The van der Waals surface area contributed by atoms with Crippen LogP contribution < -0.4 is 0 Å². The quantitative estimate of drug-likeness (QED) is 0.827. The predicted octanol–water partition coefficient (Wildman–Crippen LogP) is 4.32. The minimum absolute atomic E-state index is 0.234. The topological polar surface area (TPSA) is 20.3 Å². The first-order valence-corrected chi connectivity index (χ1v) is 9.07. The number of rotatable bonds is 3. The molecular formula is C19H21NOS. The van der Waals surface area contributed by atoms with Crippen LogP contribution in [0.4, 0.5) is 0 Å². The molecule has 1 atom stereocenters. The van der Waals surface area contributed by atoms with Crippen molar-refractivity contribution in [2.45, 2.75) is 44.1 Å². The largest absolute Gasteiger partial charge is 0.334 e. The van der Waals surface area contributed by atoms with Crippen molar-refractivity contribution < 1.29 is 4.79 Å². The summed E-state index contributed by atoms with van der Waals surface area (Å²) in [6.45, 7) is 3.07. The fraction of sp³-hybridized carbons (Fsp3) is 0.421. The molecule has 1 aromatic carbocycles. The fourth-order valence-corrected chi connectivity index (χ4v) is 4.79. The first-order chi connectivity index (χ1) is 10.8. The van der Waals surface area contributed by atoms with Crippen molar-refractivity contribution in [2.75, 3.05) is 6.54 Å². The lowest BCUT2D eigenvalue weighted by molar-refractivity contribution is -0.137. The zero-order valence-electron chi connectivity index (χ0n) is 12.9. The average Bonchev–Trinajstić information content (AvgIpc) is 3.25. The van der Waals surface area contributed by atoms with E-state index < -0.39 is 0 Å². The SMILES string of the molecule is CCC1c2ccsc2CCN1C(=O)C1(c2ccccc2)CC1. The van der Waals surface area contributed by atoms with Gasteiger partial charge in [-0.1, -0.05) is 37.3 Å². The van der Waals surface area contributed by atoms with Crippen LogP contribution in [0.2, 0.25) is 0 Å². The molecular weight excluding hydrogens is 290 g/mol. The van der Waals surface area contributed by atoms with Crippen molar-refractivity contribution in [3.05, 3.63) is 57.8 Å². The highest BCUT2D eigenvalue weighted by Crippen LogP contribution is 2.51. The average molecular weight is 311 g/mol. The Morgan fingerprint density at radius 2 is 2.05 bits per heavy atom. The van der Waals surface area contributed by atoms with Crippen molar-refractivity contribution in [3.8, 4) is 0 Å². The predicted molar refractivity (Wildman–Crippen MR) is 90.1 cm³/mol. The van der Waals surface area contributed by atoms with E-state index in [1.807, 2.05) is 29.5 Å². The third kappa shape index (κ3) is 2.03. The zero-order chi connectivity index (χ0) is 15.2. The van der Waals surface area contributed by atoms with Gasteiger partial charge in [-0.2, -0.15) is 0 Å². The Bertz CT molecular complexity index is 686. The van der Waals surface area contributed by atoms with E-state index in [0.29, 0.717) is 5.91 Å². The summed E-state index contributed by atoms with van der Waals surface area (Å²) in [6.07, 6.45) is 4.01. The van der Waals surface area contributed by atoms with Crippen LogP contribution in [0.5, 0.6) is 0 Å². The molecule has 0 N–H and O–H groups in total. The molecule has 0 bridgehead atoms. The van der Waals surface area contributed by atoms with Crippen LogP contribution in [0, 0.1) is 0 Å². The molecule has 22 heavy (non-hydrogen) atoms. The van der Waals surface area contributed by atoms with Crippen LogP contribution in [0.25, 0.3) is 0 Å². The van der Waals surface area contributed by atoms with Crippen LogP contribution in [-0.4, -0.2) is 17.4 Å². The fourth-order valence-electron chi connectivity index (χ4n) is 3.86. The molecule has 0 radical (unpaired) electrons. The molecule has 0 saturated heterocycles. The van der Waals surface area contributed by atoms with Gasteiger partial charge in [0.05, 0.1) is 11.5 Å². The highest BCUT2D eigenvalue weighted by Gasteiger charge is 2.54. The van der Waals surface area contributed by atoms with E-state index in [9.17, 15) is 4.79 Å². The Kier molecular flexibility index (Phi) is 3.33. The molecule has 1 amide bonds. The van der Waals surface area contributed by atoms with E-state index in [-0.39, 0.29) is 11.5 Å². The summed E-state index contributed by atoms with van der Waals surface area (Å²) in [4.78, 5) is 16.9. The summed E-state index contributed by atoms with van der Waals surface area (Å²) in [5, 5.41) is 2.17. The van der Waals surface area contributed by atoms with Crippen LogP contribution >= 0.6 is 11.3 Å². The molecule has 1 saturated carbocycles. The number of carbonyl (C=O) groups is 1. The van der Waals surface area contributed by atoms with Crippen molar-refractivity contribution in [2.24, 2.45) is 0 Å². The van der Waals surface area contributed by atoms with Crippen LogP contribution in [0.1, 0.15) is 48.2 Å². The lowest BCUT2D eigenvalue weighted by Gasteiger charge is -2.38. The summed E-state index contributed by atoms with van der Waals surface area (Å²) in [5.41, 5.74) is 2.35. The normalized spacial score (nSPS) is 22.2. The molecule has 114 valence electrons. The molecule has 2 aliphatic rings. The number of thiophene rings is 1. The van der Waals surface area contributed by atoms with Gasteiger partial charge in [0.1, 0.15) is 0 Å². The van der Waals surface area contributed by atoms with Gasteiger partial charge < -0.3 is 4.90 Å². The molecule has 3 heteroatoms. The van der Waals surface area contributed by atoms with Gasteiger partial charge in [-0.3, -0.25) is 4.79 Å². The van der Waals surface area contributed by atoms with Gasteiger partial charge in [-0.05, 0) is 48.3 Å². The number of nitrogens with zero attached hydrogens (tertiary/aromatic N) is 1. The molecule has 2 heterocycles. The van der Waals surface area contributed by atoms with Gasteiger partial charge in [0, 0.05) is 11.4 Å². The smallest absolute Gasteiger partial charge is 0.233 e. The minimum atomic E-state index is -0.234. The van der Waals surface area contributed by atoms with E-state index in [4.69, 9.17) is 0 Å². The second-order valence-corrected chi connectivity index (χ2v) is 7.42. The van der Waals surface area contributed by atoms with E-state index in [1.165, 1.54) is 16.0 Å². The van der Waals surface area contributed by atoms with Gasteiger partial charge in [0.25, 0.3) is 0 Å². The van der Waals surface area contributed by atoms with E-state index in [2.05, 4.69) is 35.4 Å². The summed E-state index contributed by atoms with van der Waals surface area (Å²) in [6, 6.07) is 12.8. The number of benzene rings is 1. The minimum Gasteiger partial charge on any atom is -0.334 e. The number of carbonyl (C=O) groups excluding carboxylic acids is 1. The van der Waals surface area contributed by atoms with E-state index in [1.54, 1.807) is 0 Å². The lowest BCUT2D eigenvalue weighted by atomic mass is 9.90. The summed E-state index contributed by atoms with van der Waals surface area (Å²) >= 11 is 1.84. The van der Waals surface area contributed by atoms with Gasteiger partial charge >= 0.3 is 0 Å². The van der Waals surface area contributed by atoms with Gasteiger partial charge in [0.2, 0.25) is 5.91 Å². The standard InChI is InChI=1S/C19H21NOS/c1-2-16-15-9-13-22-17(15)8-12-20(16)18(21)19(10-11-19)14-6-4-3-5-7-14/h3-7,9,13,16H,2,8,10-12H2,1H3. The van der Waals surface area contributed by atoms with E-state index >= 15 is 0 Å². The molecule has 1 aliphatic carbocycles. The van der Waals surface area contributed by atoms with Gasteiger partial charge in [0.15, 0.2) is 0 Å². The van der Waals surface area contributed by atoms with Crippen molar-refractivity contribution in [1.82, 2.24) is 4.90 Å². The highest BCUT2D eigenvalue weighted by molar-refractivity contribution is 7.10. The number of hydrogen-bond donors (Lipinski definition) is 0. The molecule has 1 aromatic heterocycles. The monoisotopic (exact) mass is 311 g/mol. The molecule has 1 unspecified atom stereocenters. The second-order valence-electron chi connectivity index (χ2n) is 6.42. The molecule has 1 fully saturated rings. The third-order valence-corrected chi connectivity index (χ3v) is 6.22. The first kappa shape index (κ1) is 14.0. The van der Waals surface area contributed by atoms with E-state index in [0.717, 1.165) is 32.2 Å². The van der Waals surface area contributed by atoms with Crippen LogP contribution in [-0.2, 0) is 16.6 Å². The Labute approximate surface area is 135 Å². The maximum Gasteiger partial charge on any atom is 0.233 e. The van der Waals surface area contributed by atoms with Gasteiger partial charge in [-0.25, -0.2) is 0 Å². The number of amides is 1. The Balaban J connectivity index is 1.66. The molecule has 4 rings (SSSR count). The zero-order valence-corrected chi connectivity index (χ0v) is 13.7. The maximum absolute atomic E-state index is 13.3. The molecule has 1 aliphatic heterocycles. The molecule has 2 aromatic rings. The van der Waals surface area contributed by atoms with Crippen molar-refractivity contribution >= 4 is 17.2 Å². The van der Waals surface area contributed by atoms with Crippen LogP contribution in [0.3, 0.4) is 0 Å². The summed E-state index contributed by atoms with van der Waals surface area (Å²) in [7, 11) is 0. The lowest BCUT2D eigenvalue weighted by Crippen LogP contribution is -2.44. The summed E-state index contributed by atoms with van der Waals surface area (Å²) in [5.74, 6) is 0.349. The molecule has 0 spiro atoms. The van der Waals surface area contributed by atoms with Crippen molar-refractivity contribution in [3.63, 3.8) is 0 Å². The van der Waals surface area contributed by atoms with Crippen molar-refractivity contribution in [1.29, 1.82) is 0 Å². The highest BCUT2D eigenvalue weighted by atomic mass is 32.1. The second kappa shape index (κ2) is 5.24. The Morgan fingerprint density at radius 3 is 2.73 bits per heavy atom. The number of hydrogen-bond acceptors (Lipinski definition) is 2. The molecule has 2 nitrogen and oxygen atoms in total. The summed E-state index contributed by atoms with van der Waals surface area (Å²) < 4.78 is 0. The van der Waals surface area contributed by atoms with Gasteiger partial charge in [-0.15, -0.1) is 11.3 Å². The Morgan fingerprint density at radius 1 is 1.27 bits per heavy atom. The first-order valence-electron chi connectivity index (χ1n) is 8.19.